The fourth-order valence-electron chi connectivity index (χ4n) is 2.00. The van der Waals surface area contributed by atoms with E-state index in [-0.39, 0.29) is 21.6 Å². The first kappa shape index (κ1) is 19.3. The third-order valence-electron chi connectivity index (χ3n) is 3.06. The molecule has 0 heterocycles. The lowest BCUT2D eigenvalue weighted by molar-refractivity contribution is 0.102. The van der Waals surface area contributed by atoms with Crippen molar-refractivity contribution in [3.8, 4) is 0 Å². The zero-order valence-corrected chi connectivity index (χ0v) is 14.9. The highest BCUT2D eigenvalue weighted by Crippen LogP contribution is 2.21. The molecule has 2 rings (SSSR count). The number of rotatable bonds is 5. The quantitative estimate of drug-likeness (QED) is 0.822. The minimum absolute atomic E-state index is 0.134. The fraction of sp³-hybridized carbons (Fsp3) is 0.188. The molecule has 2 N–H and O–H groups in total. The van der Waals surface area contributed by atoms with Gasteiger partial charge in [-0.05, 0) is 50.2 Å². The van der Waals surface area contributed by atoms with E-state index in [1.165, 1.54) is 12.1 Å². The maximum Gasteiger partial charge on any atom is 0.258 e. The Morgan fingerprint density at radius 1 is 1.08 bits per heavy atom. The molecule has 0 bridgehead atoms. The minimum atomic E-state index is -3.91. The van der Waals surface area contributed by atoms with Crippen LogP contribution in [0.5, 0.6) is 0 Å². The molecule has 0 saturated heterocycles. The molecular weight excluding hydrogens is 374 g/mol. The second-order valence-corrected chi connectivity index (χ2v) is 7.65. The Morgan fingerprint density at radius 3 is 2.36 bits per heavy atom. The second-order valence-electron chi connectivity index (χ2n) is 5.50. The zero-order valence-electron chi connectivity index (χ0n) is 13.3. The van der Waals surface area contributed by atoms with Gasteiger partial charge in [-0.2, -0.15) is 0 Å². The number of anilines is 1. The van der Waals surface area contributed by atoms with Crippen LogP contribution in [0, 0.1) is 11.6 Å². The fourth-order valence-corrected chi connectivity index (χ4v) is 3.44. The number of nitrogens with one attached hydrogen (secondary N) is 2. The highest BCUT2D eigenvalue weighted by atomic mass is 35.5. The molecule has 0 aromatic heterocycles. The van der Waals surface area contributed by atoms with Gasteiger partial charge < -0.3 is 5.32 Å². The summed E-state index contributed by atoms with van der Waals surface area (Å²) in [5.74, 6) is -2.72. The Balaban J connectivity index is 2.35. The molecule has 25 heavy (non-hydrogen) atoms. The number of sulfonamides is 1. The van der Waals surface area contributed by atoms with Gasteiger partial charge in [0.1, 0.15) is 11.6 Å². The molecule has 2 aromatic carbocycles. The van der Waals surface area contributed by atoms with Gasteiger partial charge in [-0.1, -0.05) is 11.6 Å². The van der Waals surface area contributed by atoms with E-state index in [0.29, 0.717) is 0 Å². The summed E-state index contributed by atoms with van der Waals surface area (Å²) < 4.78 is 54.3. The lowest BCUT2D eigenvalue weighted by atomic mass is 10.2. The van der Waals surface area contributed by atoms with Crippen LogP contribution >= 0.6 is 11.6 Å². The molecule has 0 aliphatic rings. The number of amides is 1. The monoisotopic (exact) mass is 388 g/mol. The van der Waals surface area contributed by atoms with Gasteiger partial charge in [0.15, 0.2) is 0 Å². The van der Waals surface area contributed by atoms with E-state index in [9.17, 15) is 22.0 Å². The van der Waals surface area contributed by atoms with E-state index in [2.05, 4.69) is 10.0 Å². The Morgan fingerprint density at radius 2 is 1.76 bits per heavy atom. The van der Waals surface area contributed by atoms with E-state index in [4.69, 9.17) is 11.6 Å². The van der Waals surface area contributed by atoms with Crippen LogP contribution in [-0.4, -0.2) is 20.4 Å². The summed E-state index contributed by atoms with van der Waals surface area (Å²) in [7, 11) is -3.91. The van der Waals surface area contributed by atoms with Crippen molar-refractivity contribution in [2.75, 3.05) is 5.32 Å². The summed E-state index contributed by atoms with van der Waals surface area (Å²) in [6.07, 6.45) is 0. The van der Waals surface area contributed by atoms with Crippen LogP contribution in [0.3, 0.4) is 0 Å². The molecule has 0 aliphatic carbocycles. The topological polar surface area (TPSA) is 75.3 Å². The summed E-state index contributed by atoms with van der Waals surface area (Å²) in [6, 6.07) is 5.97. The predicted octanol–water partition coefficient (Wildman–Crippen LogP) is 3.56. The highest BCUT2D eigenvalue weighted by molar-refractivity contribution is 7.89. The summed E-state index contributed by atoms with van der Waals surface area (Å²) in [6.45, 7) is 3.25. The largest absolute Gasteiger partial charge is 0.319 e. The average molecular weight is 389 g/mol. The highest BCUT2D eigenvalue weighted by Gasteiger charge is 2.21. The van der Waals surface area contributed by atoms with Crippen molar-refractivity contribution >= 4 is 33.2 Å². The smallest absolute Gasteiger partial charge is 0.258 e. The van der Waals surface area contributed by atoms with E-state index in [1.807, 2.05) is 0 Å². The van der Waals surface area contributed by atoms with Crippen LogP contribution in [0.2, 0.25) is 5.02 Å². The van der Waals surface area contributed by atoms with Gasteiger partial charge in [-0.15, -0.1) is 0 Å². The third-order valence-corrected chi connectivity index (χ3v) is 4.95. The standard InChI is InChI=1S/C16H15ClF2N2O3S/c1-9(2)21-25(23,24)11-4-5-13(18)12(8-11)16(22)20-15-6-3-10(17)7-14(15)19/h3-9,21H,1-2H3,(H,20,22). The van der Waals surface area contributed by atoms with Gasteiger partial charge in [0.05, 0.1) is 16.1 Å². The van der Waals surface area contributed by atoms with Gasteiger partial charge in [0, 0.05) is 11.1 Å². The first-order valence-corrected chi connectivity index (χ1v) is 9.04. The Bertz CT molecular complexity index is 918. The molecule has 9 heteroatoms. The maximum atomic E-state index is 13.9. The molecule has 0 unspecified atom stereocenters. The molecule has 0 saturated carbocycles. The Labute approximate surface area is 149 Å². The van der Waals surface area contributed by atoms with Crippen molar-refractivity contribution in [1.29, 1.82) is 0 Å². The van der Waals surface area contributed by atoms with Crippen molar-refractivity contribution in [1.82, 2.24) is 4.72 Å². The Kier molecular flexibility index (Phi) is 5.76. The maximum absolute atomic E-state index is 13.9. The molecule has 5 nitrogen and oxygen atoms in total. The normalized spacial score (nSPS) is 11.6. The molecule has 0 fully saturated rings. The summed E-state index contributed by atoms with van der Waals surface area (Å²) in [4.78, 5) is 11.9. The van der Waals surface area contributed by atoms with Gasteiger partial charge in [-0.3, -0.25) is 4.79 Å². The number of carbonyl (C=O) groups is 1. The molecule has 134 valence electrons. The number of benzene rings is 2. The second kappa shape index (κ2) is 7.47. The van der Waals surface area contributed by atoms with Crippen LogP contribution in [-0.2, 0) is 10.0 Å². The number of carbonyl (C=O) groups excluding carboxylic acids is 1. The number of halogens is 3. The SMILES string of the molecule is CC(C)NS(=O)(=O)c1ccc(F)c(C(=O)Nc2ccc(Cl)cc2F)c1. The van der Waals surface area contributed by atoms with Gasteiger partial charge in [0.2, 0.25) is 10.0 Å². The van der Waals surface area contributed by atoms with Crippen molar-refractivity contribution in [2.24, 2.45) is 0 Å². The molecule has 0 spiro atoms. The van der Waals surface area contributed by atoms with Crippen LogP contribution in [0.4, 0.5) is 14.5 Å². The molecule has 0 radical (unpaired) electrons. The first-order chi connectivity index (χ1) is 11.6. The molecule has 0 aliphatic heterocycles. The minimum Gasteiger partial charge on any atom is -0.319 e. The lowest BCUT2D eigenvalue weighted by Gasteiger charge is -2.12. The lowest BCUT2D eigenvalue weighted by Crippen LogP contribution is -2.30. The van der Waals surface area contributed by atoms with Crippen molar-refractivity contribution < 1.29 is 22.0 Å². The zero-order chi connectivity index (χ0) is 18.8. The first-order valence-electron chi connectivity index (χ1n) is 7.18. The van der Waals surface area contributed by atoms with E-state index in [0.717, 1.165) is 24.3 Å². The van der Waals surface area contributed by atoms with E-state index >= 15 is 0 Å². The van der Waals surface area contributed by atoms with Gasteiger partial charge in [0.25, 0.3) is 5.91 Å². The summed E-state index contributed by atoms with van der Waals surface area (Å²) >= 11 is 5.62. The van der Waals surface area contributed by atoms with Gasteiger partial charge >= 0.3 is 0 Å². The predicted molar refractivity (Wildman–Crippen MR) is 91.2 cm³/mol. The molecule has 2 aromatic rings. The van der Waals surface area contributed by atoms with Crippen LogP contribution in [0.25, 0.3) is 0 Å². The van der Waals surface area contributed by atoms with Crippen LogP contribution < -0.4 is 10.0 Å². The summed E-state index contributed by atoms with van der Waals surface area (Å²) in [5, 5.41) is 2.32. The van der Waals surface area contributed by atoms with Crippen LogP contribution in [0.15, 0.2) is 41.3 Å². The Hall–Kier alpha value is -2.03. The molecule has 1 amide bonds. The van der Waals surface area contributed by atoms with Gasteiger partial charge in [-0.25, -0.2) is 21.9 Å². The van der Waals surface area contributed by atoms with Crippen molar-refractivity contribution in [3.05, 3.63) is 58.6 Å². The number of hydrogen-bond donors (Lipinski definition) is 2. The summed E-state index contributed by atoms with van der Waals surface area (Å²) in [5.41, 5.74) is -0.733. The molecular formula is C16H15ClF2N2O3S. The molecule has 0 atom stereocenters. The van der Waals surface area contributed by atoms with E-state index in [1.54, 1.807) is 13.8 Å². The average Bonchev–Trinajstić information content (AvgIpc) is 2.49. The van der Waals surface area contributed by atoms with Crippen molar-refractivity contribution in [3.63, 3.8) is 0 Å². The number of hydrogen-bond acceptors (Lipinski definition) is 3. The van der Waals surface area contributed by atoms with Crippen molar-refractivity contribution in [2.45, 2.75) is 24.8 Å². The van der Waals surface area contributed by atoms with Crippen LogP contribution in [0.1, 0.15) is 24.2 Å². The third kappa shape index (κ3) is 4.75. The van der Waals surface area contributed by atoms with E-state index < -0.39 is 33.1 Å².